The molecule has 0 amide bonds. The summed E-state index contributed by atoms with van der Waals surface area (Å²) in [5.41, 5.74) is 0.524. The van der Waals surface area contributed by atoms with E-state index in [-0.39, 0.29) is 12.2 Å². The first-order chi connectivity index (χ1) is 8.09. The summed E-state index contributed by atoms with van der Waals surface area (Å²) in [7, 11) is 0. The molecular formula is C12H15ClFNO2. The Labute approximate surface area is 105 Å². The average molecular weight is 260 g/mol. The molecule has 1 aromatic carbocycles. The number of hydrogen-bond donors (Lipinski definition) is 2. The molecule has 0 bridgehead atoms. The number of rotatable bonds is 7. The first-order valence-corrected chi connectivity index (χ1v) is 5.84. The molecular weight excluding hydrogens is 245 g/mol. The van der Waals surface area contributed by atoms with Gasteiger partial charge in [-0.05, 0) is 37.6 Å². The monoisotopic (exact) mass is 259 g/mol. The molecule has 0 saturated carbocycles. The van der Waals surface area contributed by atoms with Gasteiger partial charge in [-0.1, -0.05) is 11.6 Å². The number of nitrogens with one attached hydrogen (secondary N) is 1. The van der Waals surface area contributed by atoms with Gasteiger partial charge in [0.2, 0.25) is 0 Å². The van der Waals surface area contributed by atoms with E-state index in [1.165, 1.54) is 12.1 Å². The lowest BCUT2D eigenvalue weighted by molar-refractivity contribution is -0.137. The minimum atomic E-state index is -0.786. The molecule has 0 saturated heterocycles. The van der Waals surface area contributed by atoms with Crippen LogP contribution in [-0.2, 0) is 11.3 Å². The molecule has 17 heavy (non-hydrogen) atoms. The van der Waals surface area contributed by atoms with E-state index in [0.717, 1.165) is 6.42 Å². The summed E-state index contributed by atoms with van der Waals surface area (Å²) in [4.78, 5) is 10.3. The van der Waals surface area contributed by atoms with Gasteiger partial charge in [-0.25, -0.2) is 4.39 Å². The van der Waals surface area contributed by atoms with Crippen molar-refractivity contribution < 1.29 is 14.3 Å². The molecule has 0 aliphatic rings. The maximum Gasteiger partial charge on any atom is 0.303 e. The average Bonchev–Trinajstić information content (AvgIpc) is 2.27. The lowest BCUT2D eigenvalue weighted by atomic mass is 10.2. The predicted octanol–water partition coefficient (Wildman–Crippen LogP) is 2.82. The largest absolute Gasteiger partial charge is 0.481 e. The summed E-state index contributed by atoms with van der Waals surface area (Å²) >= 11 is 5.75. The lowest BCUT2D eigenvalue weighted by Gasteiger charge is -2.06. The Hall–Kier alpha value is -1.13. The molecule has 0 unspecified atom stereocenters. The number of carbonyl (C=O) groups is 1. The fourth-order valence-electron chi connectivity index (χ4n) is 1.43. The molecule has 0 spiro atoms. The van der Waals surface area contributed by atoms with Crippen LogP contribution in [0.5, 0.6) is 0 Å². The van der Waals surface area contributed by atoms with Crippen LogP contribution in [0, 0.1) is 5.82 Å². The minimum Gasteiger partial charge on any atom is -0.481 e. The van der Waals surface area contributed by atoms with E-state index in [1.54, 1.807) is 6.07 Å². The highest BCUT2D eigenvalue weighted by atomic mass is 35.5. The van der Waals surface area contributed by atoms with E-state index in [0.29, 0.717) is 30.1 Å². The van der Waals surface area contributed by atoms with Crippen LogP contribution in [0.15, 0.2) is 18.2 Å². The van der Waals surface area contributed by atoms with Crippen molar-refractivity contribution >= 4 is 17.6 Å². The predicted molar refractivity (Wildman–Crippen MR) is 64.6 cm³/mol. The van der Waals surface area contributed by atoms with Crippen LogP contribution in [0.3, 0.4) is 0 Å². The van der Waals surface area contributed by atoms with Crippen LogP contribution in [0.2, 0.25) is 5.02 Å². The second-order valence-corrected chi connectivity index (χ2v) is 4.20. The number of benzene rings is 1. The summed E-state index contributed by atoms with van der Waals surface area (Å²) in [5.74, 6) is -1.07. The van der Waals surface area contributed by atoms with E-state index < -0.39 is 5.97 Å². The molecule has 0 aliphatic carbocycles. The molecule has 1 rings (SSSR count). The number of halogens is 2. The van der Waals surface area contributed by atoms with Crippen molar-refractivity contribution in [1.29, 1.82) is 0 Å². The zero-order chi connectivity index (χ0) is 12.7. The van der Waals surface area contributed by atoms with Crippen LogP contribution in [0.4, 0.5) is 4.39 Å². The number of aliphatic carboxylic acids is 1. The SMILES string of the molecule is O=C(O)CCCCNCc1cc(Cl)ccc1F. The Morgan fingerprint density at radius 2 is 2.18 bits per heavy atom. The summed E-state index contributed by atoms with van der Waals surface area (Å²) in [6, 6.07) is 4.43. The van der Waals surface area contributed by atoms with Gasteiger partial charge in [0.05, 0.1) is 0 Å². The third-order valence-electron chi connectivity index (χ3n) is 2.32. The van der Waals surface area contributed by atoms with Gasteiger partial charge < -0.3 is 10.4 Å². The zero-order valence-corrected chi connectivity index (χ0v) is 10.1. The molecule has 0 heterocycles. The molecule has 0 atom stereocenters. The molecule has 0 aromatic heterocycles. The Bertz CT molecular complexity index is 385. The van der Waals surface area contributed by atoms with Crippen molar-refractivity contribution in [2.24, 2.45) is 0 Å². The third kappa shape index (κ3) is 5.65. The second kappa shape index (κ2) is 7.25. The van der Waals surface area contributed by atoms with Gasteiger partial charge in [-0.2, -0.15) is 0 Å². The van der Waals surface area contributed by atoms with Crippen molar-refractivity contribution in [3.8, 4) is 0 Å². The molecule has 0 fully saturated rings. The van der Waals surface area contributed by atoms with Gasteiger partial charge in [0.1, 0.15) is 5.82 Å². The van der Waals surface area contributed by atoms with Crippen LogP contribution in [0.1, 0.15) is 24.8 Å². The number of unbranched alkanes of at least 4 members (excludes halogenated alkanes) is 1. The summed E-state index contributed by atoms with van der Waals surface area (Å²) in [6.07, 6.45) is 1.56. The Morgan fingerprint density at radius 3 is 2.88 bits per heavy atom. The summed E-state index contributed by atoms with van der Waals surface area (Å²) in [6.45, 7) is 1.07. The van der Waals surface area contributed by atoms with Crippen LogP contribution in [-0.4, -0.2) is 17.6 Å². The minimum absolute atomic E-state index is 0.174. The van der Waals surface area contributed by atoms with Gasteiger partial charge in [-0.3, -0.25) is 4.79 Å². The molecule has 1 aromatic rings. The van der Waals surface area contributed by atoms with E-state index >= 15 is 0 Å². The van der Waals surface area contributed by atoms with Crippen molar-refractivity contribution in [1.82, 2.24) is 5.32 Å². The van der Waals surface area contributed by atoms with E-state index in [9.17, 15) is 9.18 Å². The normalized spacial score (nSPS) is 10.5. The zero-order valence-electron chi connectivity index (χ0n) is 9.38. The van der Waals surface area contributed by atoms with Gasteiger partial charge in [0.25, 0.3) is 0 Å². The first kappa shape index (κ1) is 13.9. The topological polar surface area (TPSA) is 49.3 Å². The van der Waals surface area contributed by atoms with Crippen molar-refractivity contribution in [3.63, 3.8) is 0 Å². The molecule has 5 heteroatoms. The fourth-order valence-corrected chi connectivity index (χ4v) is 1.62. The fraction of sp³-hybridized carbons (Fsp3) is 0.417. The lowest BCUT2D eigenvalue weighted by Crippen LogP contribution is -2.15. The number of hydrogen-bond acceptors (Lipinski definition) is 2. The molecule has 2 N–H and O–H groups in total. The van der Waals surface area contributed by atoms with E-state index in [1.807, 2.05) is 0 Å². The van der Waals surface area contributed by atoms with Gasteiger partial charge in [0.15, 0.2) is 0 Å². The third-order valence-corrected chi connectivity index (χ3v) is 2.55. The van der Waals surface area contributed by atoms with Crippen molar-refractivity contribution in [3.05, 3.63) is 34.6 Å². The smallest absolute Gasteiger partial charge is 0.303 e. The highest BCUT2D eigenvalue weighted by molar-refractivity contribution is 6.30. The molecule has 0 aliphatic heterocycles. The quantitative estimate of drug-likeness (QED) is 0.741. The molecule has 94 valence electrons. The van der Waals surface area contributed by atoms with Gasteiger partial charge in [-0.15, -0.1) is 0 Å². The van der Waals surface area contributed by atoms with E-state index in [2.05, 4.69) is 5.32 Å². The van der Waals surface area contributed by atoms with Crippen LogP contribution >= 0.6 is 11.6 Å². The van der Waals surface area contributed by atoms with Crippen LogP contribution in [0.25, 0.3) is 0 Å². The Morgan fingerprint density at radius 1 is 1.41 bits per heavy atom. The van der Waals surface area contributed by atoms with Gasteiger partial charge >= 0.3 is 5.97 Å². The number of carboxylic acid groups (broad SMARTS) is 1. The van der Waals surface area contributed by atoms with E-state index in [4.69, 9.17) is 16.7 Å². The van der Waals surface area contributed by atoms with Gasteiger partial charge in [0, 0.05) is 23.6 Å². The van der Waals surface area contributed by atoms with Crippen LogP contribution < -0.4 is 5.32 Å². The molecule has 0 radical (unpaired) electrons. The second-order valence-electron chi connectivity index (χ2n) is 3.76. The Balaban J connectivity index is 2.22. The summed E-state index contributed by atoms with van der Waals surface area (Å²) < 4.78 is 13.3. The maximum absolute atomic E-state index is 13.3. The Kier molecular flexibility index (Phi) is 5.94. The van der Waals surface area contributed by atoms with Crippen molar-refractivity contribution in [2.75, 3.05) is 6.54 Å². The highest BCUT2D eigenvalue weighted by Gasteiger charge is 2.02. The molecule has 3 nitrogen and oxygen atoms in total. The first-order valence-electron chi connectivity index (χ1n) is 5.46. The summed E-state index contributed by atoms with van der Waals surface area (Å²) in [5, 5.41) is 12.0. The standard InChI is InChI=1S/C12H15ClFNO2/c13-10-4-5-11(14)9(7-10)8-15-6-2-1-3-12(16)17/h4-5,7,15H,1-3,6,8H2,(H,16,17). The van der Waals surface area contributed by atoms with Crippen molar-refractivity contribution in [2.45, 2.75) is 25.8 Å². The number of carboxylic acids is 1. The maximum atomic E-state index is 13.3. The highest BCUT2D eigenvalue weighted by Crippen LogP contribution is 2.14.